The van der Waals surface area contributed by atoms with Gasteiger partial charge in [-0.15, -0.1) is 0 Å². The summed E-state index contributed by atoms with van der Waals surface area (Å²) in [5.41, 5.74) is 1.41. The highest BCUT2D eigenvalue weighted by Crippen LogP contribution is 2.39. The van der Waals surface area contributed by atoms with Gasteiger partial charge in [-0.2, -0.15) is 0 Å². The maximum Gasteiger partial charge on any atom is 0.311 e. The molecule has 0 bridgehead atoms. The van der Waals surface area contributed by atoms with Crippen LogP contribution in [0.1, 0.15) is 30.6 Å². The number of hydrogen-bond acceptors (Lipinski definition) is 5. The minimum atomic E-state index is -0.437. The van der Waals surface area contributed by atoms with Crippen molar-refractivity contribution in [1.82, 2.24) is 5.32 Å². The summed E-state index contributed by atoms with van der Waals surface area (Å²) in [6, 6.07) is 8.48. The summed E-state index contributed by atoms with van der Waals surface area (Å²) in [6.45, 7) is 3.97. The Morgan fingerprint density at radius 2 is 2.09 bits per heavy atom. The average molecular weight is 316 g/mol. The van der Waals surface area contributed by atoms with Gasteiger partial charge in [-0.1, -0.05) is 23.4 Å². The second-order valence-electron chi connectivity index (χ2n) is 5.87. The fraction of sp³-hybridized carbons (Fsp3) is 0.471. The molecular formula is C17H20N2O4. The summed E-state index contributed by atoms with van der Waals surface area (Å²) in [5.74, 6) is -0.885. The Labute approximate surface area is 134 Å². The van der Waals surface area contributed by atoms with Gasteiger partial charge in [-0.25, -0.2) is 0 Å². The van der Waals surface area contributed by atoms with Gasteiger partial charge in [0.25, 0.3) is 5.91 Å². The van der Waals surface area contributed by atoms with Crippen LogP contribution in [0.3, 0.4) is 0 Å². The van der Waals surface area contributed by atoms with Gasteiger partial charge in [0.15, 0.2) is 6.10 Å². The van der Waals surface area contributed by atoms with E-state index < -0.39 is 12.0 Å². The predicted octanol–water partition coefficient (Wildman–Crippen LogP) is 1.76. The Kier molecular flexibility index (Phi) is 4.32. The molecule has 23 heavy (non-hydrogen) atoms. The fourth-order valence-corrected chi connectivity index (χ4v) is 3.29. The van der Waals surface area contributed by atoms with E-state index in [2.05, 4.69) is 10.5 Å². The quantitative estimate of drug-likeness (QED) is 0.859. The highest BCUT2D eigenvalue weighted by atomic mass is 16.6. The van der Waals surface area contributed by atoms with Crippen molar-refractivity contribution in [3.63, 3.8) is 0 Å². The summed E-state index contributed by atoms with van der Waals surface area (Å²) in [6.07, 6.45) is 0.274. The van der Waals surface area contributed by atoms with Gasteiger partial charge >= 0.3 is 5.97 Å². The van der Waals surface area contributed by atoms with Gasteiger partial charge in [-0.05, 0) is 32.4 Å². The van der Waals surface area contributed by atoms with Crippen LogP contribution in [0.2, 0.25) is 0 Å². The standard InChI is InChI=1S/C17H20N2O4/c1-3-22-17(21)13-9-12-10(2)19-23-15(12)14(13)18-16(20)11-7-5-4-6-8-11/h4-8,12-15H,3,9H2,1-2H3,(H,18,20)/t12-,13+,14+,15+/m0/s1. The lowest BCUT2D eigenvalue weighted by molar-refractivity contribution is -0.149. The summed E-state index contributed by atoms with van der Waals surface area (Å²) in [7, 11) is 0. The number of hydrogen-bond donors (Lipinski definition) is 1. The van der Waals surface area contributed by atoms with E-state index in [1.807, 2.05) is 13.0 Å². The zero-order chi connectivity index (χ0) is 16.4. The number of carbonyl (C=O) groups excluding carboxylic acids is 2. The molecule has 1 N–H and O–H groups in total. The first kappa shape index (κ1) is 15.5. The number of oxime groups is 1. The molecule has 2 aliphatic rings. The number of carbonyl (C=O) groups is 2. The molecule has 1 aliphatic heterocycles. The van der Waals surface area contributed by atoms with Crippen molar-refractivity contribution in [2.24, 2.45) is 17.0 Å². The minimum Gasteiger partial charge on any atom is -0.466 e. The third kappa shape index (κ3) is 2.93. The van der Waals surface area contributed by atoms with Gasteiger partial charge in [0, 0.05) is 11.5 Å². The highest BCUT2D eigenvalue weighted by molar-refractivity contribution is 5.95. The molecule has 0 radical (unpaired) electrons. The molecule has 1 amide bonds. The molecule has 1 aromatic carbocycles. The number of rotatable bonds is 4. The molecule has 1 aromatic rings. The van der Waals surface area contributed by atoms with Crippen LogP contribution in [0.4, 0.5) is 0 Å². The van der Waals surface area contributed by atoms with Crippen LogP contribution in [-0.4, -0.2) is 36.3 Å². The molecule has 1 fully saturated rings. The van der Waals surface area contributed by atoms with Crippen molar-refractivity contribution < 1.29 is 19.2 Å². The number of amides is 1. The van der Waals surface area contributed by atoms with Crippen LogP contribution in [0.25, 0.3) is 0 Å². The Hall–Kier alpha value is -2.37. The van der Waals surface area contributed by atoms with E-state index in [0.717, 1.165) is 5.71 Å². The number of benzene rings is 1. The lowest BCUT2D eigenvalue weighted by Gasteiger charge is -2.23. The van der Waals surface area contributed by atoms with Crippen LogP contribution in [0, 0.1) is 11.8 Å². The fourth-order valence-electron chi connectivity index (χ4n) is 3.29. The minimum absolute atomic E-state index is 0.0467. The largest absolute Gasteiger partial charge is 0.466 e. The second-order valence-corrected chi connectivity index (χ2v) is 5.87. The van der Waals surface area contributed by atoms with Gasteiger partial charge in [0.05, 0.1) is 24.3 Å². The van der Waals surface area contributed by atoms with Crippen molar-refractivity contribution in [1.29, 1.82) is 0 Å². The molecule has 122 valence electrons. The molecule has 1 aliphatic carbocycles. The zero-order valence-corrected chi connectivity index (χ0v) is 13.2. The van der Waals surface area contributed by atoms with Gasteiger partial charge < -0.3 is 14.9 Å². The number of fused-ring (bicyclic) bond motifs is 1. The lowest BCUT2D eigenvalue weighted by atomic mass is 10.0. The van der Waals surface area contributed by atoms with Crippen molar-refractivity contribution in [3.8, 4) is 0 Å². The van der Waals surface area contributed by atoms with Gasteiger partial charge in [-0.3, -0.25) is 9.59 Å². The first-order chi connectivity index (χ1) is 11.1. The van der Waals surface area contributed by atoms with E-state index in [9.17, 15) is 9.59 Å². The first-order valence-electron chi connectivity index (χ1n) is 7.84. The maximum atomic E-state index is 12.4. The highest BCUT2D eigenvalue weighted by Gasteiger charge is 2.53. The van der Waals surface area contributed by atoms with Crippen LogP contribution in [0.15, 0.2) is 35.5 Å². The topological polar surface area (TPSA) is 77.0 Å². The Morgan fingerprint density at radius 3 is 2.78 bits per heavy atom. The maximum absolute atomic E-state index is 12.4. The van der Waals surface area contributed by atoms with Gasteiger partial charge in [0.2, 0.25) is 0 Å². The molecule has 6 heteroatoms. The third-order valence-corrected chi connectivity index (χ3v) is 4.47. The van der Waals surface area contributed by atoms with E-state index in [0.29, 0.717) is 18.6 Å². The summed E-state index contributed by atoms with van der Waals surface area (Å²) < 4.78 is 5.16. The third-order valence-electron chi connectivity index (χ3n) is 4.47. The van der Waals surface area contributed by atoms with Crippen molar-refractivity contribution >= 4 is 17.6 Å². The second kappa shape index (κ2) is 6.40. The molecule has 1 heterocycles. The van der Waals surface area contributed by atoms with Crippen molar-refractivity contribution in [2.45, 2.75) is 32.4 Å². The summed E-state index contributed by atoms with van der Waals surface area (Å²) in [4.78, 5) is 30.1. The predicted molar refractivity (Wildman–Crippen MR) is 83.9 cm³/mol. The zero-order valence-electron chi connectivity index (χ0n) is 13.2. The van der Waals surface area contributed by atoms with Crippen LogP contribution in [0.5, 0.6) is 0 Å². The Bertz CT molecular complexity index is 629. The smallest absolute Gasteiger partial charge is 0.311 e. The summed E-state index contributed by atoms with van der Waals surface area (Å²) >= 11 is 0. The van der Waals surface area contributed by atoms with Crippen LogP contribution < -0.4 is 5.32 Å². The van der Waals surface area contributed by atoms with E-state index in [-0.39, 0.29) is 23.9 Å². The molecule has 1 saturated carbocycles. The van der Waals surface area contributed by atoms with E-state index in [1.165, 1.54) is 0 Å². The number of nitrogens with one attached hydrogen (secondary N) is 1. The van der Waals surface area contributed by atoms with E-state index in [4.69, 9.17) is 9.57 Å². The van der Waals surface area contributed by atoms with Gasteiger partial charge in [0.1, 0.15) is 0 Å². The number of ether oxygens (including phenoxy) is 1. The molecule has 3 rings (SSSR count). The Balaban J connectivity index is 1.79. The average Bonchev–Trinajstić information content (AvgIpc) is 3.09. The SMILES string of the molecule is CCOC(=O)[C@@H]1C[C@H]2C(C)=NO[C@H]2[C@@H]1NC(=O)c1ccccc1. The molecule has 0 spiro atoms. The molecule has 0 saturated heterocycles. The normalized spacial score (nSPS) is 28.5. The van der Waals surface area contributed by atoms with E-state index >= 15 is 0 Å². The van der Waals surface area contributed by atoms with Crippen LogP contribution >= 0.6 is 0 Å². The molecule has 4 atom stereocenters. The summed E-state index contributed by atoms with van der Waals surface area (Å²) in [5, 5.41) is 6.94. The lowest BCUT2D eigenvalue weighted by Crippen LogP contribution is -2.47. The van der Waals surface area contributed by atoms with E-state index in [1.54, 1.807) is 31.2 Å². The number of nitrogens with zero attached hydrogens (tertiary/aromatic N) is 1. The first-order valence-corrected chi connectivity index (χ1v) is 7.84. The molecule has 0 unspecified atom stereocenters. The van der Waals surface area contributed by atoms with Crippen LogP contribution in [-0.2, 0) is 14.4 Å². The molecule has 0 aromatic heterocycles. The molecular weight excluding hydrogens is 296 g/mol. The molecule has 6 nitrogen and oxygen atoms in total. The van der Waals surface area contributed by atoms with Crippen molar-refractivity contribution in [3.05, 3.63) is 35.9 Å². The Morgan fingerprint density at radius 1 is 1.35 bits per heavy atom. The number of esters is 1. The van der Waals surface area contributed by atoms with Crippen molar-refractivity contribution in [2.75, 3.05) is 6.61 Å². The monoisotopic (exact) mass is 316 g/mol.